The van der Waals surface area contributed by atoms with Crippen LogP contribution in [-0.4, -0.2) is 18.1 Å². The molecule has 0 aromatic carbocycles. The highest BCUT2D eigenvalue weighted by Gasteiger charge is 2.53. The third kappa shape index (κ3) is 3.80. The molecule has 4 bridgehead atoms. The molecule has 0 radical (unpaired) electrons. The molecule has 2 N–H and O–H groups in total. The number of hydrogen-bond donors (Lipinski definition) is 1. The Morgan fingerprint density at radius 3 is 2.00 bits per heavy atom. The highest BCUT2D eigenvalue weighted by Crippen LogP contribution is 2.57. The fraction of sp³-hybridized carbons (Fsp3) is 0.944. The first kappa shape index (κ1) is 15.3. The number of carbonyl (C=O) groups excluding carboxylic acids is 1. The van der Waals surface area contributed by atoms with Crippen molar-refractivity contribution in [1.82, 2.24) is 0 Å². The zero-order valence-electron chi connectivity index (χ0n) is 13.3. The van der Waals surface area contributed by atoms with Gasteiger partial charge in [-0.05, 0) is 75.7 Å². The number of esters is 1. The first-order valence-corrected chi connectivity index (χ1v) is 9.11. The summed E-state index contributed by atoms with van der Waals surface area (Å²) in [6, 6.07) is 0. The third-order valence-electron chi connectivity index (χ3n) is 5.90. The van der Waals surface area contributed by atoms with E-state index in [4.69, 9.17) is 10.5 Å². The second kappa shape index (κ2) is 6.68. The SMILES string of the molecule is NCCCCCCCC(=O)OC12CC3CC(CC(C3)C1)C2. The molecular formula is C18H31NO2. The molecule has 4 aliphatic rings. The zero-order valence-corrected chi connectivity index (χ0v) is 13.3. The third-order valence-corrected chi connectivity index (χ3v) is 5.90. The van der Waals surface area contributed by atoms with E-state index >= 15 is 0 Å². The maximum Gasteiger partial charge on any atom is 0.306 e. The molecule has 0 heterocycles. The minimum atomic E-state index is -0.0502. The molecule has 21 heavy (non-hydrogen) atoms. The average Bonchev–Trinajstić information content (AvgIpc) is 2.40. The van der Waals surface area contributed by atoms with E-state index < -0.39 is 0 Å². The molecule has 3 heteroatoms. The molecule has 4 aliphatic carbocycles. The number of carbonyl (C=O) groups is 1. The van der Waals surface area contributed by atoms with Crippen molar-refractivity contribution in [1.29, 1.82) is 0 Å². The monoisotopic (exact) mass is 293 g/mol. The first-order valence-electron chi connectivity index (χ1n) is 9.11. The molecule has 0 saturated heterocycles. The van der Waals surface area contributed by atoms with Gasteiger partial charge in [0.1, 0.15) is 5.60 Å². The van der Waals surface area contributed by atoms with E-state index in [1.165, 1.54) is 32.1 Å². The van der Waals surface area contributed by atoms with Crippen molar-refractivity contribution in [3.05, 3.63) is 0 Å². The summed E-state index contributed by atoms with van der Waals surface area (Å²) >= 11 is 0. The van der Waals surface area contributed by atoms with Gasteiger partial charge in [-0.2, -0.15) is 0 Å². The molecule has 0 unspecified atom stereocenters. The maximum atomic E-state index is 12.2. The van der Waals surface area contributed by atoms with E-state index in [0.717, 1.165) is 62.8 Å². The number of hydrogen-bond acceptors (Lipinski definition) is 3. The smallest absolute Gasteiger partial charge is 0.306 e. The van der Waals surface area contributed by atoms with Crippen molar-refractivity contribution >= 4 is 5.97 Å². The second-order valence-corrected chi connectivity index (χ2v) is 7.88. The van der Waals surface area contributed by atoms with Crippen molar-refractivity contribution in [3.63, 3.8) is 0 Å². The van der Waals surface area contributed by atoms with Crippen LogP contribution in [0.1, 0.15) is 77.0 Å². The van der Waals surface area contributed by atoms with Gasteiger partial charge in [0.15, 0.2) is 0 Å². The van der Waals surface area contributed by atoms with Gasteiger partial charge in [0.05, 0.1) is 0 Å². The van der Waals surface area contributed by atoms with Crippen molar-refractivity contribution in [2.24, 2.45) is 23.5 Å². The summed E-state index contributed by atoms with van der Waals surface area (Å²) in [7, 11) is 0. The van der Waals surface area contributed by atoms with Crippen LogP contribution in [0.5, 0.6) is 0 Å². The largest absolute Gasteiger partial charge is 0.459 e. The highest BCUT2D eigenvalue weighted by molar-refractivity contribution is 5.70. The number of nitrogens with two attached hydrogens (primary N) is 1. The normalized spacial score (nSPS) is 36.9. The molecule has 0 aromatic heterocycles. The molecule has 3 nitrogen and oxygen atoms in total. The minimum absolute atomic E-state index is 0.0502. The van der Waals surface area contributed by atoms with Crippen LogP contribution >= 0.6 is 0 Å². The lowest BCUT2D eigenvalue weighted by molar-refractivity contribution is -0.186. The van der Waals surface area contributed by atoms with E-state index in [1.807, 2.05) is 0 Å². The molecule has 120 valence electrons. The van der Waals surface area contributed by atoms with Gasteiger partial charge < -0.3 is 10.5 Å². The summed E-state index contributed by atoms with van der Waals surface area (Å²) in [6.45, 7) is 0.786. The van der Waals surface area contributed by atoms with Gasteiger partial charge in [0.25, 0.3) is 0 Å². The number of rotatable bonds is 8. The number of ether oxygens (including phenoxy) is 1. The Morgan fingerprint density at radius 2 is 1.43 bits per heavy atom. The fourth-order valence-electron chi connectivity index (χ4n) is 5.39. The molecule has 0 amide bonds. The van der Waals surface area contributed by atoms with Crippen LogP contribution in [0.25, 0.3) is 0 Å². The maximum absolute atomic E-state index is 12.2. The average molecular weight is 293 g/mol. The van der Waals surface area contributed by atoms with Crippen LogP contribution in [0.15, 0.2) is 0 Å². The summed E-state index contributed by atoms with van der Waals surface area (Å²) in [6.07, 6.45) is 13.9. The molecule has 4 rings (SSSR count). The standard InChI is InChI=1S/C18H31NO2/c19-7-5-3-1-2-4-6-17(20)21-18-11-14-8-15(12-18)10-16(9-14)13-18/h14-16H,1-13,19H2. The van der Waals surface area contributed by atoms with Crippen molar-refractivity contribution in [3.8, 4) is 0 Å². The molecule has 0 atom stereocenters. The summed E-state index contributed by atoms with van der Waals surface area (Å²) < 4.78 is 6.02. The summed E-state index contributed by atoms with van der Waals surface area (Å²) in [5.41, 5.74) is 5.43. The van der Waals surface area contributed by atoms with E-state index in [-0.39, 0.29) is 11.6 Å². The van der Waals surface area contributed by atoms with E-state index in [0.29, 0.717) is 6.42 Å². The lowest BCUT2D eigenvalue weighted by atomic mass is 9.54. The molecule has 0 spiro atoms. The molecule has 0 aromatic rings. The van der Waals surface area contributed by atoms with Gasteiger partial charge in [-0.3, -0.25) is 4.79 Å². The Morgan fingerprint density at radius 1 is 0.905 bits per heavy atom. The Kier molecular flexibility index (Phi) is 4.88. The number of unbranched alkanes of at least 4 members (excludes halogenated alkanes) is 4. The predicted octanol–water partition coefficient (Wildman–Crippen LogP) is 3.80. The lowest BCUT2D eigenvalue weighted by Crippen LogP contribution is -2.52. The lowest BCUT2D eigenvalue weighted by Gasteiger charge is -2.55. The van der Waals surface area contributed by atoms with Crippen LogP contribution in [0.2, 0.25) is 0 Å². The van der Waals surface area contributed by atoms with Crippen LogP contribution in [0, 0.1) is 17.8 Å². The van der Waals surface area contributed by atoms with Crippen LogP contribution in [-0.2, 0) is 9.53 Å². The van der Waals surface area contributed by atoms with Crippen LogP contribution in [0.4, 0.5) is 0 Å². The van der Waals surface area contributed by atoms with Gasteiger partial charge in [-0.15, -0.1) is 0 Å². The zero-order chi connectivity index (χ0) is 14.7. The van der Waals surface area contributed by atoms with Gasteiger partial charge in [-0.1, -0.05) is 19.3 Å². The molecule has 4 saturated carbocycles. The second-order valence-electron chi connectivity index (χ2n) is 7.88. The Bertz CT molecular complexity index is 331. The van der Waals surface area contributed by atoms with Gasteiger partial charge in [-0.25, -0.2) is 0 Å². The van der Waals surface area contributed by atoms with E-state index in [1.54, 1.807) is 0 Å². The molecule has 4 fully saturated rings. The predicted molar refractivity (Wildman–Crippen MR) is 83.8 cm³/mol. The van der Waals surface area contributed by atoms with Crippen molar-refractivity contribution < 1.29 is 9.53 Å². The van der Waals surface area contributed by atoms with Crippen molar-refractivity contribution in [2.45, 2.75) is 82.7 Å². The molecular weight excluding hydrogens is 262 g/mol. The Balaban J connectivity index is 1.39. The van der Waals surface area contributed by atoms with E-state index in [9.17, 15) is 4.79 Å². The minimum Gasteiger partial charge on any atom is -0.459 e. The Labute approximate surface area is 129 Å². The topological polar surface area (TPSA) is 52.3 Å². The van der Waals surface area contributed by atoms with Crippen molar-refractivity contribution in [2.75, 3.05) is 6.54 Å². The summed E-state index contributed by atoms with van der Waals surface area (Å²) in [4.78, 5) is 12.2. The highest BCUT2D eigenvalue weighted by atomic mass is 16.6. The quantitative estimate of drug-likeness (QED) is 0.547. The van der Waals surface area contributed by atoms with Gasteiger partial charge >= 0.3 is 5.97 Å². The van der Waals surface area contributed by atoms with Crippen LogP contribution < -0.4 is 5.73 Å². The summed E-state index contributed by atoms with van der Waals surface area (Å²) in [5.74, 6) is 2.61. The van der Waals surface area contributed by atoms with Crippen LogP contribution in [0.3, 0.4) is 0 Å². The fourth-order valence-corrected chi connectivity index (χ4v) is 5.39. The Hall–Kier alpha value is -0.570. The summed E-state index contributed by atoms with van der Waals surface area (Å²) in [5, 5.41) is 0. The molecule has 0 aliphatic heterocycles. The van der Waals surface area contributed by atoms with Gasteiger partial charge in [0, 0.05) is 6.42 Å². The van der Waals surface area contributed by atoms with E-state index in [2.05, 4.69) is 0 Å². The first-order chi connectivity index (χ1) is 10.2. The van der Waals surface area contributed by atoms with Gasteiger partial charge in [0.2, 0.25) is 0 Å².